The maximum Gasteiger partial charge on any atom is 0.308 e. The highest BCUT2D eigenvalue weighted by Gasteiger charge is 2.53. The molecule has 3 aliphatic rings. The molecule has 2 saturated carbocycles. The smallest absolute Gasteiger partial charge is 0.308 e. The van der Waals surface area contributed by atoms with Gasteiger partial charge in [-0.15, -0.1) is 0 Å². The fourth-order valence-electron chi connectivity index (χ4n) is 4.15. The summed E-state index contributed by atoms with van der Waals surface area (Å²) in [7, 11) is 0. The number of hydrogen-bond donors (Lipinski definition) is 2. The Kier molecular flexibility index (Phi) is 2.89. The van der Waals surface area contributed by atoms with E-state index in [0.717, 1.165) is 18.8 Å². The maximum atomic E-state index is 11.5. The topological polar surface area (TPSA) is 49.3 Å². The number of carboxylic acids is 1. The first-order valence-electron chi connectivity index (χ1n) is 7.18. The van der Waals surface area contributed by atoms with E-state index in [1.165, 1.54) is 38.5 Å². The van der Waals surface area contributed by atoms with Crippen LogP contribution in [-0.2, 0) is 4.79 Å². The van der Waals surface area contributed by atoms with Crippen molar-refractivity contribution >= 4 is 5.97 Å². The van der Waals surface area contributed by atoms with Gasteiger partial charge < -0.3 is 10.4 Å². The minimum atomic E-state index is -0.572. The average Bonchev–Trinajstić information content (AvgIpc) is 3.06. The lowest BCUT2D eigenvalue weighted by Crippen LogP contribution is -2.43. The van der Waals surface area contributed by atoms with Crippen molar-refractivity contribution in [3.63, 3.8) is 0 Å². The fourth-order valence-corrected chi connectivity index (χ4v) is 4.15. The van der Waals surface area contributed by atoms with Crippen LogP contribution in [0.2, 0.25) is 0 Å². The van der Waals surface area contributed by atoms with E-state index in [1.54, 1.807) is 0 Å². The summed E-state index contributed by atoms with van der Waals surface area (Å²) in [6.45, 7) is 0.701. The average molecular weight is 237 g/mol. The Labute approximate surface area is 103 Å². The summed E-state index contributed by atoms with van der Waals surface area (Å²) in [5.41, 5.74) is 0.0900. The summed E-state index contributed by atoms with van der Waals surface area (Å²) in [4.78, 5) is 11.5. The summed E-state index contributed by atoms with van der Waals surface area (Å²) in [5, 5.41) is 13.0. The zero-order chi connectivity index (χ0) is 11.9. The van der Waals surface area contributed by atoms with Gasteiger partial charge in [-0.3, -0.25) is 4.79 Å². The van der Waals surface area contributed by atoms with Crippen LogP contribution in [-0.4, -0.2) is 23.7 Å². The molecule has 1 heterocycles. The van der Waals surface area contributed by atoms with Crippen LogP contribution in [0.4, 0.5) is 0 Å². The molecular formula is C14H23NO2. The molecule has 1 aliphatic heterocycles. The van der Waals surface area contributed by atoms with Crippen LogP contribution in [0.1, 0.15) is 51.4 Å². The number of rotatable bonds is 3. The van der Waals surface area contributed by atoms with Crippen molar-refractivity contribution in [2.75, 3.05) is 6.54 Å². The largest absolute Gasteiger partial charge is 0.481 e. The Morgan fingerprint density at radius 2 is 1.94 bits per heavy atom. The normalized spacial score (nSPS) is 36.2. The van der Waals surface area contributed by atoms with Crippen molar-refractivity contribution in [3.8, 4) is 0 Å². The molecule has 2 aliphatic carbocycles. The van der Waals surface area contributed by atoms with E-state index in [0.29, 0.717) is 12.6 Å². The molecule has 2 atom stereocenters. The second-order valence-corrected chi connectivity index (χ2v) is 6.32. The second kappa shape index (κ2) is 4.27. The van der Waals surface area contributed by atoms with Crippen molar-refractivity contribution < 1.29 is 9.90 Å². The van der Waals surface area contributed by atoms with E-state index in [4.69, 9.17) is 0 Å². The second-order valence-electron chi connectivity index (χ2n) is 6.32. The molecule has 2 unspecified atom stereocenters. The fraction of sp³-hybridized carbons (Fsp3) is 0.929. The van der Waals surface area contributed by atoms with Gasteiger partial charge in [-0.25, -0.2) is 0 Å². The Bertz CT molecular complexity index is 305. The minimum Gasteiger partial charge on any atom is -0.481 e. The van der Waals surface area contributed by atoms with Crippen LogP contribution < -0.4 is 5.32 Å². The number of carboxylic acid groups (broad SMARTS) is 1. The van der Waals surface area contributed by atoms with Gasteiger partial charge in [0, 0.05) is 18.0 Å². The Balaban J connectivity index is 1.80. The van der Waals surface area contributed by atoms with Crippen molar-refractivity contribution in [1.82, 2.24) is 5.32 Å². The summed E-state index contributed by atoms with van der Waals surface area (Å²) >= 11 is 0. The molecule has 3 nitrogen and oxygen atoms in total. The van der Waals surface area contributed by atoms with E-state index in [2.05, 4.69) is 5.32 Å². The summed E-state index contributed by atoms with van der Waals surface area (Å²) in [6.07, 6.45) is 9.98. The highest BCUT2D eigenvalue weighted by Crippen LogP contribution is 2.51. The lowest BCUT2D eigenvalue weighted by Gasteiger charge is -2.41. The van der Waals surface area contributed by atoms with Crippen molar-refractivity contribution in [3.05, 3.63) is 0 Å². The van der Waals surface area contributed by atoms with E-state index in [-0.39, 0.29) is 11.3 Å². The molecule has 3 rings (SSSR count). The van der Waals surface area contributed by atoms with Gasteiger partial charge in [-0.2, -0.15) is 0 Å². The molecule has 0 aromatic rings. The van der Waals surface area contributed by atoms with Gasteiger partial charge in [0.05, 0.1) is 5.92 Å². The molecule has 17 heavy (non-hydrogen) atoms. The third-order valence-corrected chi connectivity index (χ3v) is 5.30. The maximum absolute atomic E-state index is 11.5. The van der Waals surface area contributed by atoms with Gasteiger partial charge in [0.2, 0.25) is 0 Å². The summed E-state index contributed by atoms with van der Waals surface area (Å²) < 4.78 is 0. The lowest BCUT2D eigenvalue weighted by atomic mass is 9.63. The lowest BCUT2D eigenvalue weighted by molar-refractivity contribution is -0.146. The predicted molar refractivity (Wildman–Crippen MR) is 65.8 cm³/mol. The highest BCUT2D eigenvalue weighted by molar-refractivity contribution is 5.72. The number of carbonyl (C=O) groups is 1. The number of nitrogens with one attached hydrogen (secondary N) is 1. The van der Waals surface area contributed by atoms with Gasteiger partial charge in [-0.1, -0.05) is 32.1 Å². The molecule has 0 aromatic carbocycles. The van der Waals surface area contributed by atoms with Crippen LogP contribution in [0.25, 0.3) is 0 Å². The molecular weight excluding hydrogens is 214 g/mol. The molecule has 3 heteroatoms. The van der Waals surface area contributed by atoms with Crippen LogP contribution in [0, 0.1) is 17.3 Å². The quantitative estimate of drug-likeness (QED) is 0.792. The van der Waals surface area contributed by atoms with Gasteiger partial charge in [0.15, 0.2) is 0 Å². The van der Waals surface area contributed by atoms with E-state index >= 15 is 0 Å². The van der Waals surface area contributed by atoms with Crippen LogP contribution in [0.15, 0.2) is 0 Å². The number of hydrogen-bond acceptors (Lipinski definition) is 2. The minimum absolute atomic E-state index is 0.0900. The SMILES string of the molecule is O=C(O)C1CNC(CC2CC2)C12CCCCC2. The van der Waals surface area contributed by atoms with Crippen LogP contribution >= 0.6 is 0 Å². The van der Waals surface area contributed by atoms with Crippen LogP contribution in [0.5, 0.6) is 0 Å². The standard InChI is InChI=1S/C14H23NO2/c16-13(17)11-9-15-12(8-10-4-5-10)14(11)6-2-1-3-7-14/h10-12,15H,1-9H2,(H,16,17). The Hall–Kier alpha value is -0.570. The number of aliphatic carboxylic acids is 1. The van der Waals surface area contributed by atoms with E-state index in [1.807, 2.05) is 0 Å². The summed E-state index contributed by atoms with van der Waals surface area (Å²) in [6, 6.07) is 0.483. The van der Waals surface area contributed by atoms with Crippen molar-refractivity contribution in [2.24, 2.45) is 17.3 Å². The van der Waals surface area contributed by atoms with Gasteiger partial charge >= 0.3 is 5.97 Å². The van der Waals surface area contributed by atoms with Crippen LogP contribution in [0.3, 0.4) is 0 Å². The van der Waals surface area contributed by atoms with E-state index in [9.17, 15) is 9.90 Å². The van der Waals surface area contributed by atoms with Gasteiger partial charge in [-0.05, 0) is 25.2 Å². The molecule has 0 bridgehead atoms. The van der Waals surface area contributed by atoms with Gasteiger partial charge in [0.1, 0.15) is 0 Å². The highest BCUT2D eigenvalue weighted by atomic mass is 16.4. The van der Waals surface area contributed by atoms with Gasteiger partial charge in [0.25, 0.3) is 0 Å². The first-order chi connectivity index (χ1) is 8.22. The first-order valence-corrected chi connectivity index (χ1v) is 7.18. The molecule has 2 N–H and O–H groups in total. The van der Waals surface area contributed by atoms with E-state index < -0.39 is 5.97 Å². The zero-order valence-corrected chi connectivity index (χ0v) is 10.5. The molecule has 96 valence electrons. The molecule has 0 amide bonds. The molecule has 3 fully saturated rings. The third kappa shape index (κ3) is 1.99. The molecule has 0 radical (unpaired) electrons. The zero-order valence-electron chi connectivity index (χ0n) is 10.5. The third-order valence-electron chi connectivity index (χ3n) is 5.30. The van der Waals surface area contributed by atoms with Crippen molar-refractivity contribution in [2.45, 2.75) is 57.4 Å². The monoisotopic (exact) mass is 237 g/mol. The summed E-state index contributed by atoms with van der Waals surface area (Å²) in [5.74, 6) is 0.183. The first kappa shape index (κ1) is 11.5. The predicted octanol–water partition coefficient (Wildman–Crippen LogP) is 2.41. The Morgan fingerprint density at radius 1 is 1.24 bits per heavy atom. The van der Waals surface area contributed by atoms with Crippen molar-refractivity contribution in [1.29, 1.82) is 0 Å². The molecule has 0 aromatic heterocycles. The Morgan fingerprint density at radius 3 is 2.53 bits per heavy atom. The molecule has 1 saturated heterocycles. The molecule has 1 spiro atoms.